The number of hydrogen-bond donors (Lipinski definition) is 2. The normalized spacial score (nSPS) is 10.9. The van der Waals surface area contributed by atoms with Crippen LogP contribution in [0.5, 0.6) is 5.75 Å². The summed E-state index contributed by atoms with van der Waals surface area (Å²) in [6, 6.07) is 11.6. The van der Waals surface area contributed by atoms with E-state index in [9.17, 15) is 14.4 Å². The molecule has 2 aromatic carbocycles. The number of hydrogen-bond acceptors (Lipinski definition) is 7. The Hall–Kier alpha value is -4.28. The van der Waals surface area contributed by atoms with E-state index >= 15 is 0 Å². The van der Waals surface area contributed by atoms with Gasteiger partial charge < -0.3 is 10.1 Å². The monoisotopic (exact) mass is 421 g/mol. The molecule has 11 nitrogen and oxygen atoms in total. The predicted molar refractivity (Wildman–Crippen MR) is 113 cm³/mol. The Morgan fingerprint density at radius 2 is 1.94 bits per heavy atom. The maximum atomic E-state index is 12.6. The molecule has 0 unspecified atom stereocenters. The molecule has 4 aromatic rings. The van der Waals surface area contributed by atoms with Gasteiger partial charge in [-0.2, -0.15) is 4.68 Å². The lowest BCUT2D eigenvalue weighted by molar-refractivity contribution is -0.116. The minimum atomic E-state index is -0.382. The van der Waals surface area contributed by atoms with E-state index in [1.54, 1.807) is 49.4 Å². The van der Waals surface area contributed by atoms with Gasteiger partial charge in [0, 0.05) is 12.1 Å². The van der Waals surface area contributed by atoms with Crippen LogP contribution in [0.25, 0.3) is 16.5 Å². The summed E-state index contributed by atoms with van der Waals surface area (Å²) >= 11 is 0. The number of aromatic amines is 1. The zero-order valence-electron chi connectivity index (χ0n) is 16.8. The zero-order valence-corrected chi connectivity index (χ0v) is 16.8. The molecule has 11 heteroatoms. The summed E-state index contributed by atoms with van der Waals surface area (Å²) in [5.74, 6) is 0.764. The van der Waals surface area contributed by atoms with Gasteiger partial charge in [-0.25, -0.2) is 4.68 Å². The van der Waals surface area contributed by atoms with Gasteiger partial charge in [0.05, 0.1) is 24.4 Å². The van der Waals surface area contributed by atoms with Crippen LogP contribution < -0.4 is 21.2 Å². The first-order valence-corrected chi connectivity index (χ1v) is 9.43. The molecule has 4 rings (SSSR count). The molecule has 0 spiro atoms. The first-order valence-electron chi connectivity index (χ1n) is 9.43. The number of tetrazole rings is 1. The Bertz CT molecular complexity index is 1390. The molecule has 0 aliphatic carbocycles. The van der Waals surface area contributed by atoms with Gasteiger partial charge in [-0.05, 0) is 47.7 Å². The number of aromatic nitrogens is 6. The molecular formula is C20H19N7O4. The number of nitrogens with one attached hydrogen (secondary N) is 2. The molecule has 158 valence electrons. The Morgan fingerprint density at radius 1 is 1.16 bits per heavy atom. The number of rotatable bonds is 6. The number of aryl methyl sites for hydroxylation is 2. The fourth-order valence-electron chi connectivity index (χ4n) is 3.23. The maximum Gasteiger partial charge on any atom is 0.273 e. The second-order valence-corrected chi connectivity index (χ2v) is 6.77. The standard InChI is InChI=1S/C20H19N7O4/c1-12-22-24-25-27(12)16-11-13(7-8-17(16)31-2)21-18(28)9-10-26-20(30)15-6-4-3-5-14(15)19(29)23-26/h3-8,11H,9-10H2,1-2H3,(H,21,28)(H,23,29). The van der Waals surface area contributed by atoms with E-state index in [2.05, 4.69) is 25.9 Å². The van der Waals surface area contributed by atoms with E-state index in [0.717, 1.165) is 4.68 Å². The number of carbonyl (C=O) groups excluding carboxylic acids is 1. The van der Waals surface area contributed by atoms with Gasteiger partial charge in [0.1, 0.15) is 11.4 Å². The predicted octanol–water partition coefficient (Wildman–Crippen LogP) is 1.01. The Morgan fingerprint density at radius 3 is 2.65 bits per heavy atom. The fraction of sp³-hybridized carbons (Fsp3) is 0.200. The van der Waals surface area contributed by atoms with Gasteiger partial charge in [-0.3, -0.25) is 19.5 Å². The third-order valence-corrected chi connectivity index (χ3v) is 4.76. The molecule has 0 saturated heterocycles. The number of amides is 1. The maximum absolute atomic E-state index is 12.6. The van der Waals surface area contributed by atoms with Crippen molar-refractivity contribution in [1.29, 1.82) is 0 Å². The molecule has 0 atom stereocenters. The molecule has 1 amide bonds. The van der Waals surface area contributed by atoms with Gasteiger partial charge in [-0.15, -0.1) is 5.10 Å². The number of carbonyl (C=O) groups is 1. The van der Waals surface area contributed by atoms with E-state index in [4.69, 9.17) is 4.74 Å². The minimum Gasteiger partial charge on any atom is -0.494 e. The SMILES string of the molecule is COc1ccc(NC(=O)CCn2[nH]c(=O)c3ccccc3c2=O)cc1-n1nnnc1C. The van der Waals surface area contributed by atoms with Crippen LogP contribution in [0.2, 0.25) is 0 Å². The molecule has 0 bridgehead atoms. The average Bonchev–Trinajstić information content (AvgIpc) is 3.21. The summed E-state index contributed by atoms with van der Waals surface area (Å²) in [5.41, 5.74) is 0.337. The Labute approximate surface area is 175 Å². The van der Waals surface area contributed by atoms with Crippen molar-refractivity contribution >= 4 is 22.4 Å². The minimum absolute atomic E-state index is 0.0144. The smallest absolute Gasteiger partial charge is 0.273 e. The molecule has 0 aliphatic heterocycles. The van der Waals surface area contributed by atoms with Crippen molar-refractivity contribution in [2.75, 3.05) is 12.4 Å². The molecule has 0 radical (unpaired) electrons. The number of benzene rings is 2. The fourth-order valence-corrected chi connectivity index (χ4v) is 3.23. The van der Waals surface area contributed by atoms with Crippen molar-refractivity contribution in [3.05, 3.63) is 69.0 Å². The summed E-state index contributed by atoms with van der Waals surface area (Å²) in [7, 11) is 1.53. The van der Waals surface area contributed by atoms with Gasteiger partial charge >= 0.3 is 0 Å². The highest BCUT2D eigenvalue weighted by Gasteiger charge is 2.13. The Kier molecular flexibility index (Phi) is 5.31. The molecule has 2 aromatic heterocycles. The van der Waals surface area contributed by atoms with Crippen LogP contribution >= 0.6 is 0 Å². The van der Waals surface area contributed by atoms with E-state index < -0.39 is 0 Å². The largest absolute Gasteiger partial charge is 0.494 e. The Balaban J connectivity index is 1.52. The topological polar surface area (TPSA) is 137 Å². The molecule has 0 fully saturated rings. The quantitative estimate of drug-likeness (QED) is 0.474. The molecule has 2 heterocycles. The third-order valence-electron chi connectivity index (χ3n) is 4.76. The van der Waals surface area contributed by atoms with Crippen LogP contribution in [0.15, 0.2) is 52.1 Å². The van der Waals surface area contributed by atoms with Crippen molar-refractivity contribution in [3.8, 4) is 11.4 Å². The summed E-state index contributed by atoms with van der Waals surface area (Å²) in [5, 5.41) is 17.3. The van der Waals surface area contributed by atoms with Gasteiger partial charge in [-0.1, -0.05) is 12.1 Å². The number of ether oxygens (including phenoxy) is 1. The molecule has 31 heavy (non-hydrogen) atoms. The van der Waals surface area contributed by atoms with Crippen molar-refractivity contribution < 1.29 is 9.53 Å². The van der Waals surface area contributed by atoms with Crippen LogP contribution in [-0.4, -0.2) is 43.0 Å². The van der Waals surface area contributed by atoms with Crippen LogP contribution in [0.4, 0.5) is 5.69 Å². The average molecular weight is 421 g/mol. The molecule has 0 aliphatic rings. The number of nitrogens with zero attached hydrogens (tertiary/aromatic N) is 5. The lowest BCUT2D eigenvalue weighted by atomic mass is 10.2. The van der Waals surface area contributed by atoms with Gasteiger partial charge in [0.2, 0.25) is 5.91 Å². The highest BCUT2D eigenvalue weighted by atomic mass is 16.5. The van der Waals surface area contributed by atoms with Crippen molar-refractivity contribution in [1.82, 2.24) is 30.0 Å². The molecular weight excluding hydrogens is 402 g/mol. The highest BCUT2D eigenvalue weighted by Crippen LogP contribution is 2.26. The summed E-state index contributed by atoms with van der Waals surface area (Å²) in [6.45, 7) is 1.77. The van der Waals surface area contributed by atoms with Crippen LogP contribution in [-0.2, 0) is 11.3 Å². The molecule has 2 N–H and O–H groups in total. The lowest BCUT2D eigenvalue weighted by Gasteiger charge is -2.12. The van der Waals surface area contributed by atoms with Crippen LogP contribution in [0, 0.1) is 6.92 Å². The number of methoxy groups -OCH3 is 1. The lowest BCUT2D eigenvalue weighted by Crippen LogP contribution is -2.31. The first-order chi connectivity index (χ1) is 15.0. The van der Waals surface area contributed by atoms with Crippen molar-refractivity contribution in [2.45, 2.75) is 19.9 Å². The summed E-state index contributed by atoms with van der Waals surface area (Å²) in [6.07, 6.45) is -0.0144. The highest BCUT2D eigenvalue weighted by molar-refractivity contribution is 5.91. The van der Waals surface area contributed by atoms with E-state index in [-0.39, 0.29) is 30.0 Å². The first kappa shape index (κ1) is 20.0. The van der Waals surface area contributed by atoms with Crippen LogP contribution in [0.3, 0.4) is 0 Å². The summed E-state index contributed by atoms with van der Waals surface area (Å²) in [4.78, 5) is 37.2. The molecule has 0 saturated carbocycles. The van der Waals surface area contributed by atoms with Crippen molar-refractivity contribution in [3.63, 3.8) is 0 Å². The zero-order chi connectivity index (χ0) is 22.0. The number of anilines is 1. The number of H-pyrrole nitrogens is 1. The van der Waals surface area contributed by atoms with Gasteiger partial charge in [0.25, 0.3) is 11.1 Å². The van der Waals surface area contributed by atoms with E-state index in [1.807, 2.05) is 0 Å². The third kappa shape index (κ3) is 3.92. The second-order valence-electron chi connectivity index (χ2n) is 6.77. The summed E-state index contributed by atoms with van der Waals surface area (Å²) < 4.78 is 7.99. The van der Waals surface area contributed by atoms with Gasteiger partial charge in [0.15, 0.2) is 5.82 Å². The van der Waals surface area contributed by atoms with E-state index in [1.165, 1.54) is 11.8 Å². The second kappa shape index (κ2) is 8.22. The number of fused-ring (bicyclic) bond motifs is 1. The van der Waals surface area contributed by atoms with Crippen LogP contribution in [0.1, 0.15) is 12.2 Å². The van der Waals surface area contributed by atoms with E-state index in [0.29, 0.717) is 33.7 Å². The van der Waals surface area contributed by atoms with Crippen molar-refractivity contribution in [2.24, 2.45) is 0 Å².